The van der Waals surface area contributed by atoms with Gasteiger partial charge in [-0.25, -0.2) is 9.78 Å². The number of halogens is 1. The molecule has 2 aliphatic heterocycles. The highest BCUT2D eigenvalue weighted by Gasteiger charge is 2.29. The van der Waals surface area contributed by atoms with E-state index in [9.17, 15) is 4.79 Å². The van der Waals surface area contributed by atoms with Crippen LogP contribution in [0.1, 0.15) is 23.3 Å². The van der Waals surface area contributed by atoms with Crippen molar-refractivity contribution in [2.24, 2.45) is 0 Å². The number of aromatic nitrogens is 1. The van der Waals surface area contributed by atoms with Crippen molar-refractivity contribution in [3.8, 4) is 0 Å². The van der Waals surface area contributed by atoms with Crippen LogP contribution >= 0.6 is 11.6 Å². The molecule has 5 nitrogen and oxygen atoms in total. The number of anilines is 2. The van der Waals surface area contributed by atoms with Gasteiger partial charge in [-0.15, -0.1) is 0 Å². The molecule has 1 aromatic rings. The Morgan fingerprint density at radius 2 is 2.47 bits per heavy atom. The molecule has 6 heteroatoms. The monoisotopic (exact) mass is 253 g/mol. The molecule has 0 spiro atoms. The summed E-state index contributed by atoms with van der Waals surface area (Å²) in [4.78, 5) is 17.3. The number of carbonyl (C=O) groups is 1. The Labute approximate surface area is 103 Å². The maximum atomic E-state index is 11.0. The van der Waals surface area contributed by atoms with Gasteiger partial charge in [-0.1, -0.05) is 11.6 Å². The summed E-state index contributed by atoms with van der Waals surface area (Å²) in [6.07, 6.45) is 2.23. The zero-order chi connectivity index (χ0) is 12.0. The summed E-state index contributed by atoms with van der Waals surface area (Å²) >= 11 is 5.94. The summed E-state index contributed by atoms with van der Waals surface area (Å²) < 4.78 is 0. The van der Waals surface area contributed by atoms with E-state index in [1.807, 2.05) is 0 Å². The number of hydrogen-bond acceptors (Lipinski definition) is 4. The van der Waals surface area contributed by atoms with Crippen molar-refractivity contribution < 1.29 is 9.90 Å². The highest BCUT2D eigenvalue weighted by atomic mass is 35.5. The first-order valence-electron chi connectivity index (χ1n) is 5.60. The molecule has 90 valence electrons. The van der Waals surface area contributed by atoms with E-state index in [4.69, 9.17) is 16.7 Å². The molecule has 2 aliphatic rings. The smallest absolute Gasteiger partial charge is 0.356 e. The Bertz CT molecular complexity index is 492. The van der Waals surface area contributed by atoms with Gasteiger partial charge >= 0.3 is 5.97 Å². The number of rotatable bonds is 1. The van der Waals surface area contributed by atoms with Crippen LogP contribution in [0.25, 0.3) is 0 Å². The van der Waals surface area contributed by atoms with Crippen LogP contribution in [-0.4, -0.2) is 35.2 Å². The van der Waals surface area contributed by atoms with Crippen molar-refractivity contribution >= 4 is 29.1 Å². The van der Waals surface area contributed by atoms with Crippen LogP contribution < -0.4 is 10.2 Å². The van der Waals surface area contributed by atoms with Crippen molar-refractivity contribution in [2.45, 2.75) is 18.9 Å². The molecule has 2 bridgehead atoms. The summed E-state index contributed by atoms with van der Waals surface area (Å²) in [6.45, 7) is 1.92. The number of nitrogens with one attached hydrogen (secondary N) is 1. The first kappa shape index (κ1) is 10.7. The van der Waals surface area contributed by atoms with E-state index in [2.05, 4.69) is 15.2 Å². The van der Waals surface area contributed by atoms with E-state index in [1.165, 1.54) is 0 Å². The third-order valence-electron chi connectivity index (χ3n) is 3.26. The highest BCUT2D eigenvalue weighted by Crippen LogP contribution is 2.35. The quantitative estimate of drug-likeness (QED) is 0.799. The number of pyridine rings is 1. The predicted molar refractivity (Wildman–Crippen MR) is 65.1 cm³/mol. The van der Waals surface area contributed by atoms with Crippen molar-refractivity contribution in [1.29, 1.82) is 0 Å². The maximum Gasteiger partial charge on any atom is 0.356 e. The molecule has 1 atom stereocenters. The molecule has 1 saturated heterocycles. The summed E-state index contributed by atoms with van der Waals surface area (Å²) in [7, 11) is 0. The zero-order valence-electron chi connectivity index (χ0n) is 9.11. The summed E-state index contributed by atoms with van der Waals surface area (Å²) in [6, 6.07) is 2.06. The molecule has 3 rings (SSSR count). The molecule has 17 heavy (non-hydrogen) atoms. The molecule has 0 saturated carbocycles. The van der Waals surface area contributed by atoms with Gasteiger partial charge < -0.3 is 15.3 Å². The molecule has 0 aliphatic carbocycles. The van der Waals surface area contributed by atoms with Crippen LogP contribution in [0.5, 0.6) is 0 Å². The minimum Gasteiger partial charge on any atom is -0.476 e. The molecule has 1 aromatic heterocycles. The fourth-order valence-electron chi connectivity index (χ4n) is 2.48. The molecule has 1 fully saturated rings. The Balaban J connectivity index is 2.09. The molecule has 2 N–H and O–H groups in total. The maximum absolute atomic E-state index is 11.0. The van der Waals surface area contributed by atoms with Crippen LogP contribution in [-0.2, 0) is 0 Å². The fraction of sp³-hybridized carbons (Fsp3) is 0.455. The minimum absolute atomic E-state index is 0.0842. The molecule has 3 heterocycles. The number of carboxylic acids is 1. The van der Waals surface area contributed by atoms with Crippen LogP contribution in [0.4, 0.5) is 11.5 Å². The van der Waals surface area contributed by atoms with Gasteiger partial charge in [0.05, 0.1) is 10.7 Å². The van der Waals surface area contributed by atoms with Gasteiger partial charge in [-0.2, -0.15) is 0 Å². The van der Waals surface area contributed by atoms with Crippen LogP contribution in [0.3, 0.4) is 0 Å². The van der Waals surface area contributed by atoms with Crippen molar-refractivity contribution in [2.75, 3.05) is 23.3 Å². The van der Waals surface area contributed by atoms with Crippen molar-refractivity contribution in [1.82, 2.24) is 4.98 Å². The standard InChI is InChI=1S/C11H12ClN3O2/c12-7-4-8-10(14-9(7)11(16)17)13-6-2-1-3-15(8)5-6/h4,6H,1-3,5H2,(H,13,14)(H,16,17)/t6-/m0/s1. The molecule has 0 aromatic carbocycles. The van der Waals surface area contributed by atoms with Gasteiger partial charge in [-0.3, -0.25) is 0 Å². The number of nitrogens with zero attached hydrogens (tertiary/aromatic N) is 2. The Morgan fingerprint density at radius 1 is 1.65 bits per heavy atom. The lowest BCUT2D eigenvalue weighted by molar-refractivity contribution is 0.0691. The largest absolute Gasteiger partial charge is 0.476 e. The number of aromatic carboxylic acids is 1. The topological polar surface area (TPSA) is 65.5 Å². The third kappa shape index (κ3) is 1.70. The molecular formula is C11H12ClN3O2. The van der Waals surface area contributed by atoms with Crippen molar-refractivity contribution in [3.05, 3.63) is 16.8 Å². The SMILES string of the molecule is O=C(O)c1nc2c(cc1Cl)N1CCC[C@@H](C1)N2. The van der Waals surface area contributed by atoms with E-state index in [1.54, 1.807) is 6.07 Å². The third-order valence-corrected chi connectivity index (χ3v) is 3.55. The Morgan fingerprint density at radius 3 is 3.24 bits per heavy atom. The fourth-order valence-corrected chi connectivity index (χ4v) is 2.71. The minimum atomic E-state index is -1.09. The second-order valence-electron chi connectivity index (χ2n) is 4.42. The van der Waals surface area contributed by atoms with E-state index in [0.29, 0.717) is 11.9 Å². The first-order valence-corrected chi connectivity index (χ1v) is 5.98. The number of fused-ring (bicyclic) bond motifs is 4. The zero-order valence-corrected chi connectivity index (χ0v) is 9.87. The van der Waals surface area contributed by atoms with Gasteiger partial charge in [0.15, 0.2) is 11.5 Å². The summed E-state index contributed by atoms with van der Waals surface area (Å²) in [5.74, 6) is -0.451. The van der Waals surface area contributed by atoms with Crippen molar-refractivity contribution in [3.63, 3.8) is 0 Å². The van der Waals surface area contributed by atoms with Gasteiger partial charge in [0.1, 0.15) is 0 Å². The number of piperidine rings is 1. The highest BCUT2D eigenvalue weighted by molar-refractivity contribution is 6.33. The average Bonchev–Trinajstić information content (AvgIpc) is 2.30. The normalized spacial score (nSPS) is 21.7. The first-order chi connectivity index (χ1) is 8.15. The lowest BCUT2D eigenvalue weighted by Gasteiger charge is -2.40. The van der Waals surface area contributed by atoms with E-state index < -0.39 is 5.97 Å². The Kier molecular flexibility index (Phi) is 2.36. The lowest BCUT2D eigenvalue weighted by atomic mass is 10.0. The molecular weight excluding hydrogens is 242 g/mol. The molecule has 0 radical (unpaired) electrons. The predicted octanol–water partition coefficient (Wildman–Crippen LogP) is 1.83. The van der Waals surface area contributed by atoms with Crippen LogP contribution in [0.15, 0.2) is 6.07 Å². The second kappa shape index (κ2) is 3.77. The van der Waals surface area contributed by atoms with Gasteiger partial charge in [0, 0.05) is 19.1 Å². The van der Waals surface area contributed by atoms with Crippen LogP contribution in [0, 0.1) is 0 Å². The number of carboxylic acid groups (broad SMARTS) is 1. The summed E-state index contributed by atoms with van der Waals surface area (Å²) in [5, 5.41) is 12.5. The molecule has 0 unspecified atom stereocenters. The second-order valence-corrected chi connectivity index (χ2v) is 4.83. The average molecular weight is 254 g/mol. The van der Waals surface area contributed by atoms with Gasteiger partial charge in [-0.05, 0) is 18.9 Å². The van der Waals surface area contributed by atoms with E-state index >= 15 is 0 Å². The number of hydrogen-bond donors (Lipinski definition) is 2. The Hall–Kier alpha value is -1.49. The summed E-state index contributed by atoms with van der Waals surface area (Å²) in [5.41, 5.74) is 0.829. The van der Waals surface area contributed by atoms with Gasteiger partial charge in [0.2, 0.25) is 0 Å². The molecule has 0 amide bonds. The lowest BCUT2D eigenvalue weighted by Crippen LogP contribution is -2.46. The van der Waals surface area contributed by atoms with E-state index in [-0.39, 0.29) is 10.7 Å². The van der Waals surface area contributed by atoms with E-state index in [0.717, 1.165) is 31.6 Å². The van der Waals surface area contributed by atoms with Gasteiger partial charge in [0.25, 0.3) is 0 Å². The van der Waals surface area contributed by atoms with Crippen LogP contribution in [0.2, 0.25) is 5.02 Å².